The molecule has 0 aliphatic carbocycles. The Hall–Kier alpha value is 0.1000. The Morgan fingerprint density at radius 2 is 2.15 bits per heavy atom. The quantitative estimate of drug-likeness (QED) is 0.746. The molecule has 78 valence electrons. The summed E-state index contributed by atoms with van der Waals surface area (Å²) in [4.78, 5) is 10.7. The Labute approximate surface area is 91.1 Å². The van der Waals surface area contributed by atoms with E-state index in [4.69, 9.17) is 39.9 Å². The summed E-state index contributed by atoms with van der Waals surface area (Å²) in [6.07, 6.45) is -1.92. The van der Waals surface area contributed by atoms with Gasteiger partial charge < -0.3 is 15.2 Å². The highest BCUT2D eigenvalue weighted by molar-refractivity contribution is 6.68. The Bertz CT molecular complexity index is 171. The number of hydrogen-bond acceptors (Lipinski definition) is 3. The predicted octanol–water partition coefficient (Wildman–Crippen LogP) is 1.46. The summed E-state index contributed by atoms with van der Waals surface area (Å²) >= 11 is 16.0. The van der Waals surface area contributed by atoms with Gasteiger partial charge in [-0.05, 0) is 6.92 Å². The van der Waals surface area contributed by atoms with E-state index >= 15 is 0 Å². The topological polar surface area (TPSA) is 58.6 Å². The van der Waals surface area contributed by atoms with Gasteiger partial charge in [0.2, 0.25) is 3.79 Å². The van der Waals surface area contributed by atoms with Crippen molar-refractivity contribution in [2.75, 3.05) is 13.2 Å². The van der Waals surface area contributed by atoms with Crippen molar-refractivity contribution in [2.24, 2.45) is 0 Å². The average molecular weight is 251 g/mol. The van der Waals surface area contributed by atoms with E-state index in [9.17, 15) is 4.79 Å². The standard InChI is InChI=1S/C6H10Cl3NO3/c1-2-13-5(12)10-3-4(11)6(7,8)9/h4,11H,2-3H2,1H3,(H,10,12)/t4-/m1/s1. The molecule has 2 N–H and O–H groups in total. The molecule has 0 spiro atoms. The highest BCUT2D eigenvalue weighted by Gasteiger charge is 2.30. The normalized spacial score (nSPS) is 13.6. The number of rotatable bonds is 3. The van der Waals surface area contributed by atoms with E-state index in [0.29, 0.717) is 0 Å². The Morgan fingerprint density at radius 1 is 1.62 bits per heavy atom. The van der Waals surface area contributed by atoms with E-state index < -0.39 is 16.0 Å². The zero-order valence-corrected chi connectivity index (χ0v) is 9.16. The second-order valence-corrected chi connectivity index (χ2v) is 4.53. The monoisotopic (exact) mass is 249 g/mol. The zero-order valence-electron chi connectivity index (χ0n) is 6.89. The maximum Gasteiger partial charge on any atom is 0.407 e. The van der Waals surface area contributed by atoms with Crippen LogP contribution in [0.1, 0.15) is 6.92 Å². The van der Waals surface area contributed by atoms with Gasteiger partial charge in [0, 0.05) is 0 Å². The van der Waals surface area contributed by atoms with E-state index in [1.165, 1.54) is 0 Å². The molecule has 0 aromatic carbocycles. The van der Waals surface area contributed by atoms with Crippen LogP contribution in [0, 0.1) is 0 Å². The molecule has 0 heterocycles. The summed E-state index contributed by atoms with van der Waals surface area (Å²) in [5.74, 6) is 0. The smallest absolute Gasteiger partial charge is 0.407 e. The van der Waals surface area contributed by atoms with E-state index in [1.807, 2.05) is 0 Å². The fraction of sp³-hybridized carbons (Fsp3) is 0.833. The van der Waals surface area contributed by atoms with Gasteiger partial charge in [-0.1, -0.05) is 34.8 Å². The lowest BCUT2D eigenvalue weighted by Crippen LogP contribution is -2.39. The highest BCUT2D eigenvalue weighted by Crippen LogP contribution is 2.29. The summed E-state index contributed by atoms with van der Waals surface area (Å²) in [7, 11) is 0. The van der Waals surface area contributed by atoms with Crippen LogP contribution in [0.2, 0.25) is 0 Å². The number of halogens is 3. The molecule has 0 aliphatic heterocycles. The van der Waals surface area contributed by atoms with Gasteiger partial charge in [-0.15, -0.1) is 0 Å². The minimum Gasteiger partial charge on any atom is -0.450 e. The first-order chi connectivity index (χ1) is 5.88. The molecule has 0 aromatic rings. The molecule has 0 aromatic heterocycles. The number of alkyl carbamates (subject to hydrolysis) is 1. The summed E-state index contributed by atoms with van der Waals surface area (Å²) in [5, 5.41) is 11.4. The molecule has 0 saturated carbocycles. The van der Waals surface area contributed by atoms with Crippen LogP contribution in [0.5, 0.6) is 0 Å². The van der Waals surface area contributed by atoms with Crippen LogP contribution in [-0.4, -0.2) is 34.2 Å². The summed E-state index contributed by atoms with van der Waals surface area (Å²) in [6, 6.07) is 0. The van der Waals surface area contributed by atoms with Gasteiger partial charge in [0.1, 0.15) is 6.10 Å². The molecule has 1 atom stereocenters. The lowest BCUT2D eigenvalue weighted by atomic mass is 10.4. The minimum absolute atomic E-state index is 0.171. The molecule has 1 amide bonds. The van der Waals surface area contributed by atoms with Gasteiger partial charge in [0.25, 0.3) is 0 Å². The third kappa shape index (κ3) is 6.21. The van der Waals surface area contributed by atoms with Gasteiger partial charge >= 0.3 is 6.09 Å². The SMILES string of the molecule is CCOC(=O)NC[C@@H](O)C(Cl)(Cl)Cl. The summed E-state index contributed by atoms with van der Waals surface area (Å²) < 4.78 is 2.71. The van der Waals surface area contributed by atoms with Gasteiger partial charge in [-0.2, -0.15) is 0 Å². The second-order valence-electron chi connectivity index (χ2n) is 2.16. The molecule has 0 rings (SSSR count). The molecule has 0 unspecified atom stereocenters. The van der Waals surface area contributed by atoms with Crippen molar-refractivity contribution in [3.8, 4) is 0 Å². The molecule has 13 heavy (non-hydrogen) atoms. The maximum atomic E-state index is 10.7. The van der Waals surface area contributed by atoms with Gasteiger partial charge in [0.05, 0.1) is 13.2 Å². The van der Waals surface area contributed by atoms with Gasteiger partial charge in [-0.3, -0.25) is 0 Å². The van der Waals surface area contributed by atoms with Crippen molar-refractivity contribution in [1.82, 2.24) is 5.32 Å². The number of carbonyl (C=O) groups is 1. The highest BCUT2D eigenvalue weighted by atomic mass is 35.6. The number of nitrogens with one attached hydrogen (secondary N) is 1. The Kier molecular flexibility index (Phi) is 5.80. The third-order valence-electron chi connectivity index (χ3n) is 1.09. The fourth-order valence-electron chi connectivity index (χ4n) is 0.478. The first kappa shape index (κ1) is 13.1. The van der Waals surface area contributed by atoms with Crippen LogP contribution in [-0.2, 0) is 4.74 Å². The number of aliphatic hydroxyl groups is 1. The minimum atomic E-state index is -1.81. The van der Waals surface area contributed by atoms with Crippen LogP contribution in [0.25, 0.3) is 0 Å². The molecular weight excluding hydrogens is 240 g/mol. The number of ether oxygens (including phenoxy) is 1. The van der Waals surface area contributed by atoms with E-state index in [0.717, 1.165) is 0 Å². The average Bonchev–Trinajstić information content (AvgIpc) is 1.99. The first-order valence-corrected chi connectivity index (χ1v) is 4.66. The molecule has 0 saturated heterocycles. The Morgan fingerprint density at radius 3 is 2.54 bits per heavy atom. The zero-order chi connectivity index (χ0) is 10.5. The van der Waals surface area contributed by atoms with Crippen LogP contribution in [0.3, 0.4) is 0 Å². The Balaban J connectivity index is 3.70. The number of hydrogen-bond donors (Lipinski definition) is 2. The van der Waals surface area contributed by atoms with E-state index in [-0.39, 0.29) is 13.2 Å². The van der Waals surface area contributed by atoms with Crippen molar-refractivity contribution in [1.29, 1.82) is 0 Å². The summed E-state index contributed by atoms with van der Waals surface area (Å²) in [5.41, 5.74) is 0. The van der Waals surface area contributed by atoms with Gasteiger partial charge in [0.15, 0.2) is 0 Å². The molecule has 0 aliphatic rings. The summed E-state index contributed by atoms with van der Waals surface area (Å²) in [6.45, 7) is 1.73. The van der Waals surface area contributed by atoms with E-state index in [2.05, 4.69) is 10.1 Å². The first-order valence-electron chi connectivity index (χ1n) is 3.53. The number of amides is 1. The van der Waals surface area contributed by atoms with Crippen molar-refractivity contribution in [2.45, 2.75) is 16.8 Å². The molecule has 0 bridgehead atoms. The van der Waals surface area contributed by atoms with Crippen molar-refractivity contribution in [3.63, 3.8) is 0 Å². The molecule has 0 fully saturated rings. The van der Waals surface area contributed by atoms with Crippen molar-refractivity contribution >= 4 is 40.9 Å². The molecular formula is C6H10Cl3NO3. The predicted molar refractivity (Wildman–Crippen MR) is 51.3 cm³/mol. The fourth-order valence-corrected chi connectivity index (χ4v) is 0.709. The van der Waals surface area contributed by atoms with Crippen LogP contribution in [0.4, 0.5) is 4.79 Å². The number of carbonyl (C=O) groups excluding carboxylic acids is 1. The largest absolute Gasteiger partial charge is 0.450 e. The van der Waals surface area contributed by atoms with Crippen molar-refractivity contribution in [3.05, 3.63) is 0 Å². The van der Waals surface area contributed by atoms with Crippen LogP contribution in [0.15, 0.2) is 0 Å². The van der Waals surface area contributed by atoms with E-state index in [1.54, 1.807) is 6.92 Å². The van der Waals surface area contributed by atoms with Crippen LogP contribution < -0.4 is 5.32 Å². The van der Waals surface area contributed by atoms with Crippen LogP contribution >= 0.6 is 34.8 Å². The number of aliphatic hydroxyl groups excluding tert-OH is 1. The second kappa shape index (κ2) is 5.75. The lowest BCUT2D eigenvalue weighted by Gasteiger charge is -2.18. The van der Waals surface area contributed by atoms with Crippen molar-refractivity contribution < 1.29 is 14.6 Å². The molecule has 7 heteroatoms. The third-order valence-corrected chi connectivity index (χ3v) is 1.85. The van der Waals surface area contributed by atoms with Gasteiger partial charge in [-0.25, -0.2) is 4.79 Å². The molecule has 4 nitrogen and oxygen atoms in total. The molecule has 0 radical (unpaired) electrons. The maximum absolute atomic E-state index is 10.7. The lowest BCUT2D eigenvalue weighted by molar-refractivity contribution is 0.136. The number of alkyl halides is 3.